The Bertz CT molecular complexity index is 809. The molecule has 0 amide bonds. The number of carbonyl (C=O) groups excluding carboxylic acids is 2. The molecule has 1 aromatic heterocycles. The normalized spacial score (nSPS) is 21.6. The van der Waals surface area contributed by atoms with Gasteiger partial charge in [-0.2, -0.15) is 0 Å². The molecule has 1 aromatic rings. The van der Waals surface area contributed by atoms with Gasteiger partial charge in [0.15, 0.2) is 5.78 Å². The summed E-state index contributed by atoms with van der Waals surface area (Å²) in [6.45, 7) is 6.49. The Labute approximate surface area is 159 Å². The third-order valence-electron chi connectivity index (χ3n) is 4.96. The van der Waals surface area contributed by atoms with E-state index in [-0.39, 0.29) is 17.8 Å². The van der Waals surface area contributed by atoms with Crippen molar-refractivity contribution in [3.63, 3.8) is 0 Å². The Morgan fingerprint density at radius 3 is 2.74 bits per heavy atom. The van der Waals surface area contributed by atoms with Gasteiger partial charge in [0.05, 0.1) is 23.8 Å². The predicted octanol–water partition coefficient (Wildman–Crippen LogP) is 2.88. The molecule has 0 unspecified atom stereocenters. The highest BCUT2D eigenvalue weighted by Crippen LogP contribution is 2.46. The number of dihydropyridines is 1. The van der Waals surface area contributed by atoms with Crippen LogP contribution in [0.25, 0.3) is 0 Å². The number of Topliss-reactive ketones (excluding diaryl/α,β-unsaturated/α-hetero) is 1. The highest BCUT2D eigenvalue weighted by molar-refractivity contribution is 6.04. The molecule has 0 radical (unpaired) electrons. The SMILES string of the molecule is COCCOC(=O)C1=C(C)NC2=C(C(=O)CC(C)(C)C2)[C@@H]1c1ccccn1. The first kappa shape index (κ1) is 19.3. The van der Waals surface area contributed by atoms with Gasteiger partial charge in [-0.1, -0.05) is 19.9 Å². The number of pyridine rings is 1. The largest absolute Gasteiger partial charge is 0.460 e. The summed E-state index contributed by atoms with van der Waals surface area (Å²) >= 11 is 0. The first-order chi connectivity index (χ1) is 12.8. The molecule has 1 aliphatic carbocycles. The molecule has 0 fully saturated rings. The van der Waals surface area contributed by atoms with E-state index in [1.807, 2.05) is 25.1 Å². The molecule has 27 heavy (non-hydrogen) atoms. The minimum Gasteiger partial charge on any atom is -0.460 e. The number of aromatic nitrogens is 1. The number of ether oxygens (including phenoxy) is 2. The van der Waals surface area contributed by atoms with Gasteiger partial charge in [0.1, 0.15) is 6.61 Å². The van der Waals surface area contributed by atoms with E-state index >= 15 is 0 Å². The number of rotatable bonds is 5. The predicted molar refractivity (Wildman–Crippen MR) is 101 cm³/mol. The summed E-state index contributed by atoms with van der Waals surface area (Å²) in [5.41, 5.74) is 3.23. The van der Waals surface area contributed by atoms with Gasteiger partial charge in [-0.05, 0) is 30.9 Å². The van der Waals surface area contributed by atoms with Gasteiger partial charge in [-0.3, -0.25) is 9.78 Å². The zero-order valence-corrected chi connectivity index (χ0v) is 16.3. The second-order valence-electron chi connectivity index (χ2n) is 7.81. The lowest BCUT2D eigenvalue weighted by atomic mass is 9.69. The van der Waals surface area contributed by atoms with Crippen LogP contribution in [0, 0.1) is 5.41 Å². The number of hydrogen-bond donors (Lipinski definition) is 1. The maximum Gasteiger partial charge on any atom is 0.336 e. The van der Waals surface area contributed by atoms with E-state index in [0.29, 0.717) is 35.6 Å². The van der Waals surface area contributed by atoms with Crippen LogP contribution >= 0.6 is 0 Å². The quantitative estimate of drug-likeness (QED) is 0.634. The molecule has 0 spiro atoms. The molecule has 0 saturated heterocycles. The van der Waals surface area contributed by atoms with Gasteiger partial charge in [0, 0.05) is 36.7 Å². The number of nitrogens with zero attached hydrogens (tertiary/aromatic N) is 1. The number of hydrogen-bond acceptors (Lipinski definition) is 6. The summed E-state index contributed by atoms with van der Waals surface area (Å²) in [6.07, 6.45) is 2.88. The van der Waals surface area contributed by atoms with E-state index in [0.717, 1.165) is 12.1 Å². The lowest BCUT2D eigenvalue weighted by molar-refractivity contribution is -0.140. The highest BCUT2D eigenvalue weighted by Gasteiger charge is 2.43. The Kier molecular flexibility index (Phi) is 5.46. The molecule has 6 nitrogen and oxygen atoms in total. The van der Waals surface area contributed by atoms with Crippen molar-refractivity contribution in [3.05, 3.63) is 52.6 Å². The van der Waals surface area contributed by atoms with Crippen molar-refractivity contribution in [3.8, 4) is 0 Å². The van der Waals surface area contributed by atoms with Crippen LogP contribution in [-0.2, 0) is 19.1 Å². The highest BCUT2D eigenvalue weighted by atomic mass is 16.6. The van der Waals surface area contributed by atoms with Crippen molar-refractivity contribution in [2.75, 3.05) is 20.3 Å². The van der Waals surface area contributed by atoms with Crippen molar-refractivity contribution in [2.45, 2.75) is 39.5 Å². The maximum atomic E-state index is 13.0. The van der Waals surface area contributed by atoms with Crippen LogP contribution in [0.3, 0.4) is 0 Å². The van der Waals surface area contributed by atoms with Crippen LogP contribution in [0.4, 0.5) is 0 Å². The average Bonchev–Trinajstić information content (AvgIpc) is 2.60. The summed E-state index contributed by atoms with van der Waals surface area (Å²) in [7, 11) is 1.55. The van der Waals surface area contributed by atoms with Crippen LogP contribution in [-0.4, -0.2) is 37.1 Å². The number of carbonyl (C=O) groups is 2. The molecule has 1 aliphatic heterocycles. The van der Waals surface area contributed by atoms with Crippen LogP contribution < -0.4 is 5.32 Å². The Balaban J connectivity index is 2.06. The van der Waals surface area contributed by atoms with E-state index < -0.39 is 11.9 Å². The van der Waals surface area contributed by atoms with Gasteiger partial charge in [-0.25, -0.2) is 4.79 Å². The lowest BCUT2D eigenvalue weighted by Crippen LogP contribution is -2.39. The van der Waals surface area contributed by atoms with Crippen LogP contribution in [0.5, 0.6) is 0 Å². The van der Waals surface area contributed by atoms with Crippen LogP contribution in [0.2, 0.25) is 0 Å². The fraction of sp³-hybridized carbons (Fsp3) is 0.476. The van der Waals surface area contributed by atoms with Crippen molar-refractivity contribution in [1.82, 2.24) is 10.3 Å². The number of esters is 1. The minimum atomic E-state index is -0.513. The molecule has 1 N–H and O–H groups in total. The molecule has 0 aromatic carbocycles. The molecule has 1 atom stereocenters. The standard InChI is InChI=1S/C21H26N2O4/c1-13-17(20(25)27-10-9-26-4)19(14-7-5-6-8-22-14)18-15(23-13)11-21(2,3)12-16(18)24/h5-8,19,23H,9-12H2,1-4H3/t19-/m1/s1. The monoisotopic (exact) mass is 370 g/mol. The number of methoxy groups -OCH3 is 1. The van der Waals surface area contributed by atoms with Crippen molar-refractivity contribution < 1.29 is 19.1 Å². The molecular formula is C21H26N2O4. The molecule has 144 valence electrons. The van der Waals surface area contributed by atoms with Crippen molar-refractivity contribution in [2.24, 2.45) is 5.41 Å². The first-order valence-corrected chi connectivity index (χ1v) is 9.15. The summed E-state index contributed by atoms with van der Waals surface area (Å²) in [4.78, 5) is 30.3. The molecule has 0 bridgehead atoms. The topological polar surface area (TPSA) is 77.5 Å². The Morgan fingerprint density at radius 1 is 1.30 bits per heavy atom. The van der Waals surface area contributed by atoms with Gasteiger partial charge in [0.2, 0.25) is 0 Å². The first-order valence-electron chi connectivity index (χ1n) is 9.15. The number of ketones is 1. The zero-order valence-electron chi connectivity index (χ0n) is 16.3. The number of nitrogens with one attached hydrogen (secondary N) is 1. The van der Waals surface area contributed by atoms with E-state index in [2.05, 4.69) is 24.1 Å². The van der Waals surface area contributed by atoms with E-state index in [1.165, 1.54) is 0 Å². The van der Waals surface area contributed by atoms with Crippen LogP contribution in [0.1, 0.15) is 45.2 Å². The Morgan fingerprint density at radius 2 is 2.07 bits per heavy atom. The van der Waals surface area contributed by atoms with Crippen molar-refractivity contribution >= 4 is 11.8 Å². The van der Waals surface area contributed by atoms with Gasteiger partial charge in [-0.15, -0.1) is 0 Å². The van der Waals surface area contributed by atoms with Gasteiger partial charge in [0.25, 0.3) is 0 Å². The fourth-order valence-corrected chi connectivity index (χ4v) is 3.84. The second-order valence-corrected chi connectivity index (χ2v) is 7.81. The minimum absolute atomic E-state index is 0.0547. The second kappa shape index (κ2) is 7.64. The molecule has 2 aliphatic rings. The lowest BCUT2D eigenvalue weighted by Gasteiger charge is -2.39. The van der Waals surface area contributed by atoms with Gasteiger partial charge < -0.3 is 14.8 Å². The third kappa shape index (κ3) is 3.95. The van der Waals surface area contributed by atoms with E-state index in [4.69, 9.17) is 9.47 Å². The average molecular weight is 370 g/mol. The summed E-state index contributed by atoms with van der Waals surface area (Å²) in [6, 6.07) is 5.53. The third-order valence-corrected chi connectivity index (χ3v) is 4.96. The maximum absolute atomic E-state index is 13.0. The molecule has 3 rings (SSSR count). The van der Waals surface area contributed by atoms with Crippen molar-refractivity contribution in [1.29, 1.82) is 0 Å². The molecule has 6 heteroatoms. The number of allylic oxidation sites excluding steroid dienone is 3. The summed E-state index contributed by atoms with van der Waals surface area (Å²) in [5.74, 6) is -0.905. The molecule has 0 saturated carbocycles. The zero-order chi connectivity index (χ0) is 19.6. The molecule has 2 heterocycles. The smallest absolute Gasteiger partial charge is 0.336 e. The van der Waals surface area contributed by atoms with Crippen LogP contribution in [0.15, 0.2) is 46.9 Å². The van der Waals surface area contributed by atoms with E-state index in [1.54, 1.807) is 13.3 Å². The summed E-state index contributed by atoms with van der Waals surface area (Å²) in [5, 5.41) is 3.30. The van der Waals surface area contributed by atoms with E-state index in [9.17, 15) is 9.59 Å². The van der Waals surface area contributed by atoms with Gasteiger partial charge >= 0.3 is 5.97 Å². The summed E-state index contributed by atoms with van der Waals surface area (Å²) < 4.78 is 10.3. The Hall–Kier alpha value is -2.47. The molecular weight excluding hydrogens is 344 g/mol. The fourth-order valence-electron chi connectivity index (χ4n) is 3.84.